The molecule has 0 saturated heterocycles. The molecule has 0 aliphatic carbocycles. The van der Waals surface area contributed by atoms with E-state index < -0.39 is 0 Å². The van der Waals surface area contributed by atoms with Crippen molar-refractivity contribution in [1.29, 1.82) is 0 Å². The lowest BCUT2D eigenvalue weighted by molar-refractivity contribution is 0.141. The Kier molecular flexibility index (Phi) is 17.0. The highest BCUT2D eigenvalue weighted by Crippen LogP contribution is 2.16. The number of hydrogen-bond donors (Lipinski definition) is 1. The fraction of sp³-hybridized carbons (Fsp3) is 1.00. The van der Waals surface area contributed by atoms with E-state index in [1.165, 1.54) is 45.1 Å². The third-order valence-corrected chi connectivity index (χ3v) is 3.22. The molecule has 2 heteroatoms. The van der Waals surface area contributed by atoms with Crippen molar-refractivity contribution in [3.63, 3.8) is 0 Å². The Hall–Kier alpha value is -0.0800. The molecule has 0 aromatic heterocycles. The van der Waals surface area contributed by atoms with Gasteiger partial charge in [-0.15, -0.1) is 0 Å². The summed E-state index contributed by atoms with van der Waals surface area (Å²) in [6.45, 7) is 16.3. The van der Waals surface area contributed by atoms with Crippen LogP contribution in [0, 0.1) is 11.3 Å². The van der Waals surface area contributed by atoms with Gasteiger partial charge in [0.15, 0.2) is 0 Å². The molecule has 0 bridgehead atoms. The van der Waals surface area contributed by atoms with Crippen LogP contribution in [0.5, 0.6) is 0 Å². The largest absolute Gasteiger partial charge is 0.384 e. The third kappa shape index (κ3) is 17.9. The van der Waals surface area contributed by atoms with E-state index in [1.54, 1.807) is 0 Å². The Morgan fingerprint density at radius 1 is 1.00 bits per heavy atom. The van der Waals surface area contributed by atoms with Crippen LogP contribution in [-0.4, -0.2) is 26.8 Å². The van der Waals surface area contributed by atoms with Crippen LogP contribution >= 0.6 is 0 Å². The Bertz CT molecular complexity index is 169. The van der Waals surface area contributed by atoms with Gasteiger partial charge in [-0.1, -0.05) is 60.8 Å². The molecule has 1 N–H and O–H groups in total. The van der Waals surface area contributed by atoms with Gasteiger partial charge < -0.3 is 10.1 Å². The highest BCUT2D eigenvalue weighted by atomic mass is 16.5. The van der Waals surface area contributed by atoms with Crippen molar-refractivity contribution in [1.82, 2.24) is 5.32 Å². The van der Waals surface area contributed by atoms with Gasteiger partial charge in [-0.2, -0.15) is 0 Å². The van der Waals surface area contributed by atoms with E-state index in [0.717, 1.165) is 19.1 Å². The van der Waals surface area contributed by atoms with Gasteiger partial charge in [0.05, 0.1) is 0 Å². The van der Waals surface area contributed by atoms with Crippen molar-refractivity contribution < 1.29 is 4.74 Å². The Morgan fingerprint density at radius 3 is 2.15 bits per heavy atom. The second kappa shape index (κ2) is 15.3. The Labute approximate surface area is 129 Å². The molecular formula is C18H41NO. The maximum absolute atomic E-state index is 5.28. The number of methoxy groups -OCH3 is 1. The molecule has 0 aromatic carbocycles. The Balaban J connectivity index is 0. The minimum Gasteiger partial charge on any atom is -0.384 e. The second-order valence-corrected chi connectivity index (χ2v) is 6.70. The molecule has 0 rings (SSSR count). The molecule has 2 nitrogen and oxygen atoms in total. The average Bonchev–Trinajstić information content (AvgIpc) is 2.39. The molecular weight excluding hydrogens is 246 g/mol. The molecule has 0 fully saturated rings. The van der Waals surface area contributed by atoms with Crippen LogP contribution < -0.4 is 5.32 Å². The SMILES string of the molecule is CC.CCCC(CCCCCNCC(C)(C)C)COC. The first kappa shape index (κ1) is 22.2. The zero-order valence-corrected chi connectivity index (χ0v) is 15.3. The highest BCUT2D eigenvalue weighted by molar-refractivity contribution is 4.65. The van der Waals surface area contributed by atoms with Crippen LogP contribution in [0.4, 0.5) is 0 Å². The predicted molar refractivity (Wildman–Crippen MR) is 92.4 cm³/mol. The van der Waals surface area contributed by atoms with E-state index in [-0.39, 0.29) is 0 Å². The summed E-state index contributed by atoms with van der Waals surface area (Å²) in [5, 5.41) is 3.54. The molecule has 0 aliphatic rings. The molecule has 20 heavy (non-hydrogen) atoms. The summed E-state index contributed by atoms with van der Waals surface area (Å²) in [5.41, 5.74) is 0.407. The number of nitrogens with one attached hydrogen (secondary N) is 1. The van der Waals surface area contributed by atoms with Crippen molar-refractivity contribution in [2.75, 3.05) is 26.8 Å². The minimum atomic E-state index is 0.407. The van der Waals surface area contributed by atoms with Crippen LogP contribution in [-0.2, 0) is 4.74 Å². The zero-order valence-electron chi connectivity index (χ0n) is 15.3. The van der Waals surface area contributed by atoms with Gasteiger partial charge in [-0.3, -0.25) is 0 Å². The van der Waals surface area contributed by atoms with E-state index in [1.807, 2.05) is 21.0 Å². The lowest BCUT2D eigenvalue weighted by Gasteiger charge is -2.19. The summed E-state index contributed by atoms with van der Waals surface area (Å²) >= 11 is 0. The van der Waals surface area contributed by atoms with E-state index in [2.05, 4.69) is 33.0 Å². The van der Waals surface area contributed by atoms with Gasteiger partial charge in [0.25, 0.3) is 0 Å². The molecule has 124 valence electrons. The summed E-state index contributed by atoms with van der Waals surface area (Å²) in [6, 6.07) is 0. The summed E-state index contributed by atoms with van der Waals surface area (Å²) in [5.74, 6) is 0.780. The molecule has 0 aromatic rings. The van der Waals surface area contributed by atoms with E-state index in [4.69, 9.17) is 4.74 Å². The van der Waals surface area contributed by atoms with Gasteiger partial charge in [-0.25, -0.2) is 0 Å². The fourth-order valence-electron chi connectivity index (χ4n) is 2.28. The van der Waals surface area contributed by atoms with E-state index in [0.29, 0.717) is 5.41 Å². The van der Waals surface area contributed by atoms with Crippen molar-refractivity contribution in [3.8, 4) is 0 Å². The van der Waals surface area contributed by atoms with Crippen molar-refractivity contribution in [3.05, 3.63) is 0 Å². The maximum atomic E-state index is 5.28. The topological polar surface area (TPSA) is 21.3 Å². The monoisotopic (exact) mass is 287 g/mol. The summed E-state index contributed by atoms with van der Waals surface area (Å²) in [7, 11) is 1.82. The first-order chi connectivity index (χ1) is 9.49. The predicted octanol–water partition coefficient (Wildman–Crippen LogP) is 5.27. The molecule has 0 saturated carbocycles. The number of ether oxygens (including phenoxy) is 1. The van der Waals surface area contributed by atoms with Crippen LogP contribution in [0.2, 0.25) is 0 Å². The lowest BCUT2D eigenvalue weighted by atomic mass is 9.96. The molecule has 0 aliphatic heterocycles. The van der Waals surface area contributed by atoms with Gasteiger partial charge in [-0.05, 0) is 43.7 Å². The lowest BCUT2D eigenvalue weighted by Crippen LogP contribution is -2.27. The quantitative estimate of drug-likeness (QED) is 0.523. The molecule has 1 atom stereocenters. The van der Waals surface area contributed by atoms with E-state index in [9.17, 15) is 0 Å². The summed E-state index contributed by atoms with van der Waals surface area (Å²) in [4.78, 5) is 0. The number of hydrogen-bond acceptors (Lipinski definition) is 2. The normalized spacial score (nSPS) is 12.8. The van der Waals surface area contributed by atoms with Crippen LogP contribution in [0.25, 0.3) is 0 Å². The van der Waals surface area contributed by atoms with E-state index >= 15 is 0 Å². The van der Waals surface area contributed by atoms with Gasteiger partial charge >= 0.3 is 0 Å². The summed E-state index contributed by atoms with van der Waals surface area (Å²) in [6.07, 6.45) is 7.94. The summed E-state index contributed by atoms with van der Waals surface area (Å²) < 4.78 is 5.28. The smallest absolute Gasteiger partial charge is 0.0490 e. The molecule has 0 radical (unpaired) electrons. The van der Waals surface area contributed by atoms with Gasteiger partial charge in [0.2, 0.25) is 0 Å². The second-order valence-electron chi connectivity index (χ2n) is 6.70. The molecule has 1 unspecified atom stereocenters. The third-order valence-electron chi connectivity index (χ3n) is 3.22. The first-order valence-corrected chi connectivity index (χ1v) is 8.69. The zero-order chi connectivity index (χ0) is 15.9. The number of unbranched alkanes of at least 4 members (excludes halogenated alkanes) is 2. The molecule has 0 amide bonds. The van der Waals surface area contributed by atoms with Gasteiger partial charge in [0.1, 0.15) is 0 Å². The minimum absolute atomic E-state index is 0.407. The molecule has 0 heterocycles. The van der Waals surface area contributed by atoms with Gasteiger partial charge in [0, 0.05) is 13.7 Å². The van der Waals surface area contributed by atoms with Crippen molar-refractivity contribution >= 4 is 0 Å². The van der Waals surface area contributed by atoms with Crippen molar-refractivity contribution in [2.45, 2.75) is 80.1 Å². The maximum Gasteiger partial charge on any atom is 0.0490 e. The fourth-order valence-corrected chi connectivity index (χ4v) is 2.28. The first-order valence-electron chi connectivity index (χ1n) is 8.69. The van der Waals surface area contributed by atoms with Crippen LogP contribution in [0.1, 0.15) is 80.1 Å². The standard InChI is InChI=1S/C16H35NO.C2H6/c1-6-10-15(13-18-5)11-8-7-9-12-17-14-16(2,3)4;1-2/h15,17H,6-14H2,1-5H3;1-2H3. The highest BCUT2D eigenvalue weighted by Gasteiger charge is 2.09. The molecule has 0 spiro atoms. The van der Waals surface area contributed by atoms with Crippen LogP contribution in [0.15, 0.2) is 0 Å². The van der Waals surface area contributed by atoms with Crippen LogP contribution in [0.3, 0.4) is 0 Å². The average molecular weight is 288 g/mol. The van der Waals surface area contributed by atoms with Crippen molar-refractivity contribution in [2.24, 2.45) is 11.3 Å². The Morgan fingerprint density at radius 2 is 1.65 bits per heavy atom. The number of rotatable bonds is 11.